The summed E-state index contributed by atoms with van der Waals surface area (Å²) in [6, 6.07) is 15.9. The summed E-state index contributed by atoms with van der Waals surface area (Å²) in [6.07, 6.45) is 0. The Labute approximate surface area is 175 Å². The van der Waals surface area contributed by atoms with Gasteiger partial charge in [0.25, 0.3) is 0 Å². The van der Waals surface area contributed by atoms with Gasteiger partial charge in [-0.2, -0.15) is 4.80 Å². The highest BCUT2D eigenvalue weighted by molar-refractivity contribution is 5.90. The molecular weight excluding hydrogens is 380 g/mol. The lowest BCUT2D eigenvalue weighted by Crippen LogP contribution is -2.36. The molecule has 0 saturated carbocycles. The van der Waals surface area contributed by atoms with Crippen LogP contribution in [0.2, 0.25) is 0 Å². The molecule has 1 N–H and O–H groups in total. The number of rotatable bonds is 6. The Morgan fingerprint density at radius 1 is 1.07 bits per heavy atom. The minimum atomic E-state index is -0.201. The molecule has 30 heavy (non-hydrogen) atoms. The minimum absolute atomic E-state index is 0.00227. The predicted octanol–water partition coefficient (Wildman–Crippen LogP) is 2.94. The molecular formula is C22H26N6O2. The highest BCUT2D eigenvalue weighted by atomic mass is 16.5. The Balaban J connectivity index is 1.34. The van der Waals surface area contributed by atoms with Gasteiger partial charge in [0.05, 0.1) is 13.2 Å². The maximum Gasteiger partial charge on any atom is 0.248 e. The van der Waals surface area contributed by atoms with E-state index in [9.17, 15) is 4.79 Å². The van der Waals surface area contributed by atoms with E-state index in [2.05, 4.69) is 51.6 Å². The maximum absolute atomic E-state index is 12.4. The Kier molecular flexibility index (Phi) is 6.04. The fourth-order valence-electron chi connectivity index (χ4n) is 3.35. The van der Waals surface area contributed by atoms with Gasteiger partial charge >= 0.3 is 0 Å². The van der Waals surface area contributed by atoms with Crippen LogP contribution >= 0.6 is 0 Å². The van der Waals surface area contributed by atoms with E-state index < -0.39 is 0 Å². The first-order chi connectivity index (χ1) is 14.6. The molecule has 2 aromatic carbocycles. The average Bonchev–Trinajstić information content (AvgIpc) is 3.23. The SMILES string of the molecule is CC(C)c1ccc(-c2nnn(CC(=O)Nc3ccc(N4CCOCC4)cc3)n2)cc1. The summed E-state index contributed by atoms with van der Waals surface area (Å²) < 4.78 is 5.38. The van der Waals surface area contributed by atoms with Crippen molar-refractivity contribution in [3.63, 3.8) is 0 Å². The lowest BCUT2D eigenvalue weighted by Gasteiger charge is -2.28. The van der Waals surface area contributed by atoms with Gasteiger partial charge in [-0.1, -0.05) is 38.1 Å². The van der Waals surface area contributed by atoms with Crippen molar-refractivity contribution >= 4 is 17.3 Å². The van der Waals surface area contributed by atoms with Crippen LogP contribution in [0.1, 0.15) is 25.3 Å². The third-order valence-electron chi connectivity index (χ3n) is 5.10. The minimum Gasteiger partial charge on any atom is -0.378 e. The Morgan fingerprint density at radius 3 is 2.43 bits per heavy atom. The molecule has 1 aromatic heterocycles. The molecule has 156 valence electrons. The van der Waals surface area contributed by atoms with E-state index >= 15 is 0 Å². The van der Waals surface area contributed by atoms with E-state index in [0.29, 0.717) is 11.7 Å². The van der Waals surface area contributed by atoms with Crippen LogP contribution in [-0.4, -0.2) is 52.4 Å². The lowest BCUT2D eigenvalue weighted by atomic mass is 10.0. The van der Waals surface area contributed by atoms with Crippen molar-refractivity contribution in [3.8, 4) is 11.4 Å². The van der Waals surface area contributed by atoms with E-state index in [1.54, 1.807) is 0 Å². The molecule has 1 amide bonds. The predicted molar refractivity (Wildman–Crippen MR) is 115 cm³/mol. The van der Waals surface area contributed by atoms with Crippen molar-refractivity contribution in [2.24, 2.45) is 0 Å². The van der Waals surface area contributed by atoms with Gasteiger partial charge in [0.1, 0.15) is 6.54 Å². The van der Waals surface area contributed by atoms with E-state index in [1.807, 2.05) is 36.4 Å². The van der Waals surface area contributed by atoms with Crippen LogP contribution in [0.25, 0.3) is 11.4 Å². The number of nitrogens with zero attached hydrogens (tertiary/aromatic N) is 5. The highest BCUT2D eigenvalue weighted by Crippen LogP contribution is 2.20. The number of hydrogen-bond donors (Lipinski definition) is 1. The molecule has 1 fully saturated rings. The molecule has 8 heteroatoms. The summed E-state index contributed by atoms with van der Waals surface area (Å²) >= 11 is 0. The molecule has 0 bridgehead atoms. The summed E-state index contributed by atoms with van der Waals surface area (Å²) in [4.78, 5) is 15.9. The maximum atomic E-state index is 12.4. The first-order valence-electron chi connectivity index (χ1n) is 10.2. The van der Waals surface area contributed by atoms with Crippen molar-refractivity contribution < 1.29 is 9.53 Å². The number of hydrogen-bond acceptors (Lipinski definition) is 6. The number of carbonyl (C=O) groups excluding carboxylic acids is 1. The molecule has 0 unspecified atom stereocenters. The Bertz CT molecular complexity index is 976. The van der Waals surface area contributed by atoms with E-state index in [0.717, 1.165) is 43.2 Å². The van der Waals surface area contributed by atoms with E-state index in [4.69, 9.17) is 4.74 Å². The smallest absolute Gasteiger partial charge is 0.248 e. The topological polar surface area (TPSA) is 85.2 Å². The summed E-state index contributed by atoms with van der Waals surface area (Å²) in [5.74, 6) is 0.774. The van der Waals surface area contributed by atoms with Crippen molar-refractivity contribution in [1.82, 2.24) is 20.2 Å². The molecule has 1 aliphatic heterocycles. The number of aromatic nitrogens is 4. The first-order valence-corrected chi connectivity index (χ1v) is 10.2. The van der Waals surface area contributed by atoms with Crippen LogP contribution in [0.15, 0.2) is 48.5 Å². The van der Waals surface area contributed by atoms with Crippen LogP contribution in [-0.2, 0) is 16.1 Å². The second-order valence-corrected chi connectivity index (χ2v) is 7.61. The van der Waals surface area contributed by atoms with Gasteiger partial charge in [-0.25, -0.2) is 0 Å². The van der Waals surface area contributed by atoms with Crippen molar-refractivity contribution in [1.29, 1.82) is 0 Å². The van der Waals surface area contributed by atoms with E-state index in [-0.39, 0.29) is 12.5 Å². The fourth-order valence-corrected chi connectivity index (χ4v) is 3.35. The fraction of sp³-hybridized carbons (Fsp3) is 0.364. The van der Waals surface area contributed by atoms with Crippen LogP contribution in [0.3, 0.4) is 0 Å². The molecule has 4 rings (SSSR count). The molecule has 1 saturated heterocycles. The third-order valence-corrected chi connectivity index (χ3v) is 5.10. The van der Waals surface area contributed by atoms with Crippen molar-refractivity contribution in [3.05, 3.63) is 54.1 Å². The molecule has 1 aliphatic rings. The van der Waals surface area contributed by atoms with E-state index in [1.165, 1.54) is 10.4 Å². The number of ether oxygens (including phenoxy) is 1. The van der Waals surface area contributed by atoms with Crippen molar-refractivity contribution in [2.45, 2.75) is 26.3 Å². The van der Waals surface area contributed by atoms with Gasteiger partial charge in [0, 0.05) is 30.0 Å². The van der Waals surface area contributed by atoms with Crippen LogP contribution in [0.5, 0.6) is 0 Å². The summed E-state index contributed by atoms with van der Waals surface area (Å²) in [7, 11) is 0. The number of amides is 1. The number of morpholine rings is 1. The number of benzene rings is 2. The zero-order valence-electron chi connectivity index (χ0n) is 17.3. The second kappa shape index (κ2) is 9.04. The van der Waals surface area contributed by atoms with Gasteiger partial charge in [-0.05, 0) is 41.0 Å². The number of carbonyl (C=O) groups is 1. The van der Waals surface area contributed by atoms with Crippen LogP contribution < -0.4 is 10.2 Å². The molecule has 8 nitrogen and oxygen atoms in total. The molecule has 0 aliphatic carbocycles. The highest BCUT2D eigenvalue weighted by Gasteiger charge is 2.12. The third kappa shape index (κ3) is 4.83. The number of tetrazole rings is 1. The largest absolute Gasteiger partial charge is 0.378 e. The zero-order chi connectivity index (χ0) is 20.9. The van der Waals surface area contributed by atoms with Gasteiger partial charge in [0.2, 0.25) is 11.7 Å². The second-order valence-electron chi connectivity index (χ2n) is 7.61. The quantitative estimate of drug-likeness (QED) is 0.678. The van der Waals surface area contributed by atoms with Crippen molar-refractivity contribution in [2.75, 3.05) is 36.5 Å². The standard InChI is InChI=1S/C22H26N6O2/c1-16(2)17-3-5-18(6-4-17)22-24-26-28(25-22)15-21(29)23-19-7-9-20(10-8-19)27-11-13-30-14-12-27/h3-10,16H,11-15H2,1-2H3,(H,23,29). The van der Waals surface area contributed by atoms with Gasteiger partial charge in [-0.3, -0.25) is 4.79 Å². The lowest BCUT2D eigenvalue weighted by molar-refractivity contribution is -0.117. The summed E-state index contributed by atoms with van der Waals surface area (Å²) in [5, 5.41) is 15.3. The Morgan fingerprint density at radius 2 is 1.77 bits per heavy atom. The molecule has 2 heterocycles. The van der Waals surface area contributed by atoms with Gasteiger partial charge in [-0.15, -0.1) is 10.2 Å². The molecule has 0 atom stereocenters. The zero-order valence-corrected chi connectivity index (χ0v) is 17.3. The van der Waals surface area contributed by atoms with Crippen LogP contribution in [0.4, 0.5) is 11.4 Å². The molecule has 0 radical (unpaired) electrons. The normalized spacial score (nSPS) is 14.2. The molecule has 0 spiro atoms. The monoisotopic (exact) mass is 406 g/mol. The van der Waals surface area contributed by atoms with Gasteiger partial charge in [0.15, 0.2) is 0 Å². The first kappa shape index (κ1) is 20.0. The number of nitrogens with one attached hydrogen (secondary N) is 1. The summed E-state index contributed by atoms with van der Waals surface area (Å²) in [5.41, 5.74) is 4.00. The average molecular weight is 406 g/mol. The summed E-state index contributed by atoms with van der Waals surface area (Å²) in [6.45, 7) is 7.55. The van der Waals surface area contributed by atoms with Crippen LogP contribution in [0, 0.1) is 0 Å². The number of anilines is 2. The Hall–Kier alpha value is -3.26. The van der Waals surface area contributed by atoms with Gasteiger partial charge < -0.3 is 15.0 Å². The molecule has 3 aromatic rings.